The third-order valence-corrected chi connectivity index (χ3v) is 4.14. The normalized spacial score (nSPS) is 20.1. The molecule has 1 atom stereocenters. The molecule has 0 saturated carbocycles. The van der Waals surface area contributed by atoms with Gasteiger partial charge in [-0.2, -0.15) is 0 Å². The summed E-state index contributed by atoms with van der Waals surface area (Å²) in [7, 11) is 2.17. The molecule has 1 fully saturated rings. The van der Waals surface area contributed by atoms with Gasteiger partial charge in [-0.05, 0) is 50.7 Å². The van der Waals surface area contributed by atoms with Crippen LogP contribution in [0.5, 0.6) is 5.75 Å². The van der Waals surface area contributed by atoms with Crippen molar-refractivity contribution in [3.05, 3.63) is 30.5 Å². The first kappa shape index (κ1) is 13.2. The zero-order valence-electron chi connectivity index (χ0n) is 11.9. The molecule has 2 aromatic rings. The maximum Gasteiger partial charge on any atom is 0.143 e. The zero-order valence-corrected chi connectivity index (χ0v) is 11.9. The van der Waals surface area contributed by atoms with E-state index in [2.05, 4.69) is 16.9 Å². The van der Waals surface area contributed by atoms with Crippen molar-refractivity contribution < 1.29 is 4.74 Å². The average molecular weight is 271 g/mol. The van der Waals surface area contributed by atoms with Crippen molar-refractivity contribution in [3.63, 3.8) is 0 Å². The summed E-state index contributed by atoms with van der Waals surface area (Å²) in [4.78, 5) is 6.68. The first-order valence-electron chi connectivity index (χ1n) is 7.22. The summed E-state index contributed by atoms with van der Waals surface area (Å²) >= 11 is 0. The molecule has 106 valence electrons. The lowest BCUT2D eigenvalue weighted by Gasteiger charge is -2.32. The van der Waals surface area contributed by atoms with Gasteiger partial charge in [-0.15, -0.1) is 0 Å². The summed E-state index contributed by atoms with van der Waals surface area (Å²) in [6.45, 7) is 1.86. The van der Waals surface area contributed by atoms with Crippen molar-refractivity contribution in [2.24, 2.45) is 0 Å². The summed E-state index contributed by atoms with van der Waals surface area (Å²) in [5.41, 5.74) is 7.79. The van der Waals surface area contributed by atoms with Gasteiger partial charge in [0, 0.05) is 17.6 Å². The third-order valence-electron chi connectivity index (χ3n) is 4.14. The van der Waals surface area contributed by atoms with E-state index in [0.29, 0.717) is 18.3 Å². The van der Waals surface area contributed by atoms with Gasteiger partial charge in [0.15, 0.2) is 0 Å². The molecule has 0 radical (unpaired) electrons. The van der Waals surface area contributed by atoms with E-state index in [9.17, 15) is 0 Å². The molecule has 0 bridgehead atoms. The third kappa shape index (κ3) is 2.56. The SMILES string of the molecule is CN1CCCCC1COc1ccc2ncccc2c1N. The van der Waals surface area contributed by atoms with Gasteiger partial charge in [-0.25, -0.2) is 0 Å². The van der Waals surface area contributed by atoms with Crippen LogP contribution in [0, 0.1) is 0 Å². The fourth-order valence-electron chi connectivity index (χ4n) is 2.82. The van der Waals surface area contributed by atoms with Crippen LogP contribution in [0.4, 0.5) is 5.69 Å². The van der Waals surface area contributed by atoms with Gasteiger partial charge in [0.25, 0.3) is 0 Å². The van der Waals surface area contributed by atoms with Crippen LogP contribution in [-0.4, -0.2) is 36.1 Å². The number of hydrogen-bond acceptors (Lipinski definition) is 4. The number of aromatic nitrogens is 1. The van der Waals surface area contributed by atoms with E-state index in [1.54, 1.807) is 6.20 Å². The quantitative estimate of drug-likeness (QED) is 0.872. The Kier molecular flexibility index (Phi) is 3.74. The Hall–Kier alpha value is -1.81. The summed E-state index contributed by atoms with van der Waals surface area (Å²) in [5, 5.41) is 0.960. The number of hydrogen-bond donors (Lipinski definition) is 1. The number of nitrogens with two attached hydrogens (primary N) is 1. The highest BCUT2D eigenvalue weighted by atomic mass is 16.5. The van der Waals surface area contributed by atoms with Crippen molar-refractivity contribution in [1.29, 1.82) is 0 Å². The van der Waals surface area contributed by atoms with Crippen molar-refractivity contribution >= 4 is 16.6 Å². The smallest absolute Gasteiger partial charge is 0.143 e. The van der Waals surface area contributed by atoms with E-state index in [4.69, 9.17) is 10.5 Å². The van der Waals surface area contributed by atoms with Crippen LogP contribution >= 0.6 is 0 Å². The number of likely N-dealkylation sites (N-methyl/N-ethyl adjacent to an activating group) is 1. The van der Waals surface area contributed by atoms with Crippen LogP contribution < -0.4 is 10.5 Å². The molecule has 2 N–H and O–H groups in total. The number of rotatable bonds is 3. The predicted molar refractivity (Wildman–Crippen MR) is 81.9 cm³/mol. The first-order chi connectivity index (χ1) is 9.75. The van der Waals surface area contributed by atoms with Crippen molar-refractivity contribution in [3.8, 4) is 5.75 Å². The lowest BCUT2D eigenvalue weighted by Crippen LogP contribution is -2.40. The Bertz CT molecular complexity index is 599. The highest BCUT2D eigenvalue weighted by Gasteiger charge is 2.19. The summed E-state index contributed by atoms with van der Waals surface area (Å²) in [6.07, 6.45) is 5.55. The maximum atomic E-state index is 6.19. The van der Waals surface area contributed by atoms with Crippen LogP contribution in [0.25, 0.3) is 10.9 Å². The Labute approximate surface area is 119 Å². The molecule has 4 nitrogen and oxygen atoms in total. The number of nitrogens with zero attached hydrogens (tertiary/aromatic N) is 2. The van der Waals surface area contributed by atoms with E-state index < -0.39 is 0 Å². The van der Waals surface area contributed by atoms with Gasteiger partial charge in [-0.1, -0.05) is 6.42 Å². The second-order valence-corrected chi connectivity index (χ2v) is 5.49. The molecule has 0 spiro atoms. The van der Waals surface area contributed by atoms with Crippen molar-refractivity contribution in [1.82, 2.24) is 9.88 Å². The Morgan fingerprint density at radius 1 is 1.35 bits per heavy atom. The Morgan fingerprint density at radius 3 is 3.10 bits per heavy atom. The molecule has 1 aromatic carbocycles. The van der Waals surface area contributed by atoms with Gasteiger partial charge in [-0.3, -0.25) is 4.98 Å². The van der Waals surface area contributed by atoms with Crippen LogP contribution in [0.1, 0.15) is 19.3 Å². The molecule has 1 saturated heterocycles. The fraction of sp³-hybridized carbons (Fsp3) is 0.438. The molecule has 1 aliphatic heterocycles. The van der Waals surface area contributed by atoms with E-state index >= 15 is 0 Å². The molecule has 0 aliphatic carbocycles. The Balaban J connectivity index is 1.75. The largest absolute Gasteiger partial charge is 0.490 e. The average Bonchev–Trinajstić information content (AvgIpc) is 2.48. The van der Waals surface area contributed by atoms with Crippen molar-refractivity contribution in [2.75, 3.05) is 25.9 Å². The highest BCUT2D eigenvalue weighted by molar-refractivity contribution is 5.93. The second-order valence-electron chi connectivity index (χ2n) is 5.49. The lowest BCUT2D eigenvalue weighted by molar-refractivity contribution is 0.125. The van der Waals surface area contributed by atoms with Gasteiger partial charge in [0.05, 0.1) is 11.2 Å². The first-order valence-corrected chi connectivity index (χ1v) is 7.22. The van der Waals surface area contributed by atoms with E-state index in [1.807, 2.05) is 24.3 Å². The number of pyridine rings is 1. The minimum absolute atomic E-state index is 0.493. The van der Waals surface area contributed by atoms with Crippen molar-refractivity contribution in [2.45, 2.75) is 25.3 Å². The number of likely N-dealkylation sites (tertiary alicyclic amines) is 1. The zero-order chi connectivity index (χ0) is 13.9. The second kappa shape index (κ2) is 5.67. The molecule has 3 rings (SSSR count). The molecule has 0 amide bonds. The lowest BCUT2D eigenvalue weighted by atomic mass is 10.0. The molecule has 1 unspecified atom stereocenters. The monoisotopic (exact) mass is 271 g/mol. The number of ether oxygens (including phenoxy) is 1. The van der Waals surface area contributed by atoms with Crippen LogP contribution in [0.2, 0.25) is 0 Å². The van der Waals surface area contributed by atoms with Gasteiger partial charge >= 0.3 is 0 Å². The van der Waals surface area contributed by atoms with Gasteiger partial charge < -0.3 is 15.4 Å². The molecule has 1 aliphatic rings. The molecule has 2 heterocycles. The Morgan fingerprint density at radius 2 is 2.25 bits per heavy atom. The molecule has 20 heavy (non-hydrogen) atoms. The molecule has 1 aromatic heterocycles. The van der Waals surface area contributed by atoms with E-state index in [0.717, 1.165) is 23.2 Å². The molecular weight excluding hydrogens is 250 g/mol. The summed E-state index contributed by atoms with van der Waals surface area (Å²) in [6, 6.07) is 8.26. The maximum absolute atomic E-state index is 6.19. The fourth-order valence-corrected chi connectivity index (χ4v) is 2.82. The van der Waals surface area contributed by atoms with Crippen LogP contribution in [0.3, 0.4) is 0 Å². The minimum Gasteiger partial charge on any atom is -0.490 e. The number of benzene rings is 1. The van der Waals surface area contributed by atoms with Crippen LogP contribution in [0.15, 0.2) is 30.5 Å². The topological polar surface area (TPSA) is 51.4 Å². The number of nitrogen functional groups attached to an aromatic ring is 1. The number of piperidine rings is 1. The standard InChI is InChI=1S/C16H21N3O/c1-19-10-3-2-5-12(19)11-20-15-8-7-14-13(16(15)17)6-4-9-18-14/h4,6-9,12H,2-3,5,10-11,17H2,1H3. The summed E-state index contributed by atoms with van der Waals surface area (Å²) in [5.74, 6) is 0.768. The van der Waals surface area contributed by atoms with E-state index in [-0.39, 0.29) is 0 Å². The highest BCUT2D eigenvalue weighted by Crippen LogP contribution is 2.30. The molecular formula is C16H21N3O. The number of anilines is 1. The van der Waals surface area contributed by atoms with E-state index in [1.165, 1.54) is 19.3 Å². The predicted octanol–water partition coefficient (Wildman–Crippen LogP) is 2.68. The molecule has 4 heteroatoms. The minimum atomic E-state index is 0.493. The van der Waals surface area contributed by atoms with Gasteiger partial charge in [0.2, 0.25) is 0 Å². The van der Waals surface area contributed by atoms with Crippen LogP contribution in [-0.2, 0) is 0 Å². The number of fused-ring (bicyclic) bond motifs is 1. The van der Waals surface area contributed by atoms with Gasteiger partial charge in [0.1, 0.15) is 12.4 Å². The summed E-state index contributed by atoms with van der Waals surface area (Å²) < 4.78 is 5.96.